The van der Waals surface area contributed by atoms with Crippen molar-refractivity contribution in [2.24, 2.45) is 0 Å². The Hall–Kier alpha value is -2.25. The molecule has 168 valence electrons. The zero-order valence-corrected chi connectivity index (χ0v) is 18.9. The molecule has 2 unspecified atom stereocenters. The largest absolute Gasteiger partial charge is 0.468 e. The molecule has 6 nitrogen and oxygen atoms in total. The molecule has 1 fully saturated rings. The average Bonchev–Trinajstić information content (AvgIpc) is 3.47. The van der Waals surface area contributed by atoms with Gasteiger partial charge < -0.3 is 9.15 Å². The van der Waals surface area contributed by atoms with E-state index in [-0.39, 0.29) is 30.7 Å². The zero-order valence-electron chi connectivity index (χ0n) is 18.1. The number of ether oxygens (including phenoxy) is 1. The van der Waals surface area contributed by atoms with Gasteiger partial charge in [-0.15, -0.1) is 11.8 Å². The van der Waals surface area contributed by atoms with Crippen LogP contribution in [0, 0.1) is 0 Å². The number of carbonyl (C=O) groups is 2. The molecule has 31 heavy (non-hydrogen) atoms. The summed E-state index contributed by atoms with van der Waals surface area (Å²) in [6.07, 6.45) is 5.66. The van der Waals surface area contributed by atoms with Gasteiger partial charge in [-0.05, 0) is 37.0 Å². The highest BCUT2D eigenvalue weighted by Crippen LogP contribution is 2.20. The van der Waals surface area contributed by atoms with Gasteiger partial charge in [0.2, 0.25) is 0 Å². The molecule has 3 rings (SSSR count). The molecular weight excluding hydrogens is 412 g/mol. The van der Waals surface area contributed by atoms with Gasteiger partial charge in [0.05, 0.1) is 30.0 Å². The minimum absolute atomic E-state index is 0.163. The first-order valence-electron chi connectivity index (χ1n) is 11.0. The molecule has 0 aliphatic carbocycles. The summed E-state index contributed by atoms with van der Waals surface area (Å²) in [5, 5.41) is 3.46. The molecule has 0 radical (unpaired) electrons. The Labute approximate surface area is 188 Å². The van der Waals surface area contributed by atoms with Crippen molar-refractivity contribution >= 4 is 23.6 Å². The number of benzene rings is 1. The van der Waals surface area contributed by atoms with Gasteiger partial charge in [0, 0.05) is 6.54 Å². The minimum Gasteiger partial charge on any atom is -0.468 e. The van der Waals surface area contributed by atoms with Crippen LogP contribution in [0.3, 0.4) is 0 Å². The lowest BCUT2D eigenvalue weighted by molar-refractivity contribution is -0.119. The van der Waals surface area contributed by atoms with E-state index in [2.05, 4.69) is 12.2 Å². The number of rotatable bonds is 12. The zero-order chi connectivity index (χ0) is 21.9. The lowest BCUT2D eigenvalue weighted by Gasteiger charge is -2.29. The van der Waals surface area contributed by atoms with Gasteiger partial charge in [-0.1, -0.05) is 50.1 Å². The number of hydrogen-bond donors (Lipinski definition) is 1. The standard InChI is InChI=1S/C24H32N2O4S/c1-2-3-12-21(22(27)18-31-17-20-11-8-15-29-20)25-23-13-7-14-26(23)24(28)30-16-19-9-5-4-6-10-19/h4-6,8-11,15,21,23,25H,2-3,7,12-14,16-18H2,1H3. The second-order valence-corrected chi connectivity index (χ2v) is 8.78. The van der Waals surface area contributed by atoms with E-state index < -0.39 is 0 Å². The van der Waals surface area contributed by atoms with Crippen LogP contribution in [-0.4, -0.2) is 41.3 Å². The number of Topliss-reactive ketones (excluding diaryl/α,β-unsaturated/α-hetero) is 1. The van der Waals surface area contributed by atoms with Crippen LogP contribution in [0.1, 0.15) is 50.4 Å². The maximum absolute atomic E-state index is 12.9. The molecule has 0 spiro atoms. The molecule has 2 heterocycles. The van der Waals surface area contributed by atoms with E-state index >= 15 is 0 Å². The highest BCUT2D eigenvalue weighted by atomic mass is 32.2. The fraction of sp³-hybridized carbons (Fsp3) is 0.500. The van der Waals surface area contributed by atoms with Crippen molar-refractivity contribution in [3.63, 3.8) is 0 Å². The van der Waals surface area contributed by atoms with E-state index in [1.54, 1.807) is 22.9 Å². The smallest absolute Gasteiger partial charge is 0.411 e. The number of nitrogens with one attached hydrogen (secondary N) is 1. The number of furan rings is 1. The molecule has 0 saturated carbocycles. The van der Waals surface area contributed by atoms with E-state index in [0.717, 1.165) is 43.4 Å². The topological polar surface area (TPSA) is 71.8 Å². The molecule has 1 amide bonds. The molecule has 1 aromatic carbocycles. The van der Waals surface area contributed by atoms with Gasteiger partial charge in [-0.3, -0.25) is 15.0 Å². The monoisotopic (exact) mass is 444 g/mol. The predicted octanol–water partition coefficient (Wildman–Crippen LogP) is 4.99. The van der Waals surface area contributed by atoms with Crippen LogP contribution in [0.15, 0.2) is 53.1 Å². The van der Waals surface area contributed by atoms with Crippen LogP contribution >= 0.6 is 11.8 Å². The molecule has 0 bridgehead atoms. The SMILES string of the molecule is CCCCC(NC1CCCN1C(=O)OCc1ccccc1)C(=O)CSCc1ccco1. The third-order valence-corrected chi connectivity index (χ3v) is 6.37. The number of amides is 1. The second-order valence-electron chi connectivity index (χ2n) is 7.79. The summed E-state index contributed by atoms with van der Waals surface area (Å²) in [5.41, 5.74) is 0.962. The summed E-state index contributed by atoms with van der Waals surface area (Å²) < 4.78 is 10.9. The Morgan fingerprint density at radius 3 is 2.84 bits per heavy atom. The molecule has 2 atom stereocenters. The van der Waals surface area contributed by atoms with E-state index in [4.69, 9.17) is 9.15 Å². The maximum atomic E-state index is 12.9. The first kappa shape index (κ1) is 23.4. The highest BCUT2D eigenvalue weighted by molar-refractivity contribution is 7.99. The van der Waals surface area contributed by atoms with Crippen molar-refractivity contribution in [1.29, 1.82) is 0 Å². The van der Waals surface area contributed by atoms with Crippen LogP contribution in [0.2, 0.25) is 0 Å². The molecule has 2 aromatic rings. The van der Waals surface area contributed by atoms with Crippen molar-refractivity contribution in [3.05, 3.63) is 60.1 Å². The van der Waals surface area contributed by atoms with Gasteiger partial charge >= 0.3 is 6.09 Å². The fourth-order valence-electron chi connectivity index (χ4n) is 3.69. The number of ketones is 1. The van der Waals surface area contributed by atoms with Crippen molar-refractivity contribution in [1.82, 2.24) is 10.2 Å². The molecule has 1 aromatic heterocycles. The minimum atomic E-state index is -0.326. The van der Waals surface area contributed by atoms with Gasteiger partial charge in [0.25, 0.3) is 0 Å². The third-order valence-electron chi connectivity index (χ3n) is 5.39. The Morgan fingerprint density at radius 1 is 1.26 bits per heavy atom. The van der Waals surface area contributed by atoms with E-state index in [1.807, 2.05) is 42.5 Å². The van der Waals surface area contributed by atoms with Gasteiger partial charge in [0.15, 0.2) is 5.78 Å². The van der Waals surface area contributed by atoms with Crippen LogP contribution in [0.25, 0.3) is 0 Å². The van der Waals surface area contributed by atoms with Crippen molar-refractivity contribution in [2.75, 3.05) is 12.3 Å². The van der Waals surface area contributed by atoms with Crippen LogP contribution in [0.4, 0.5) is 4.79 Å². The summed E-state index contributed by atoms with van der Waals surface area (Å²) >= 11 is 1.56. The lowest BCUT2D eigenvalue weighted by atomic mass is 10.1. The molecular formula is C24H32N2O4S. The van der Waals surface area contributed by atoms with Crippen LogP contribution in [0.5, 0.6) is 0 Å². The number of nitrogens with zero attached hydrogens (tertiary/aromatic N) is 1. The van der Waals surface area contributed by atoms with E-state index in [9.17, 15) is 9.59 Å². The van der Waals surface area contributed by atoms with E-state index in [0.29, 0.717) is 18.1 Å². The fourth-order valence-corrected chi connectivity index (χ4v) is 4.56. The third kappa shape index (κ3) is 7.43. The summed E-state index contributed by atoms with van der Waals surface area (Å²) in [6, 6.07) is 13.2. The predicted molar refractivity (Wildman–Crippen MR) is 123 cm³/mol. The number of thioether (sulfide) groups is 1. The Balaban J connectivity index is 1.51. The highest BCUT2D eigenvalue weighted by Gasteiger charge is 2.33. The number of hydrogen-bond acceptors (Lipinski definition) is 6. The van der Waals surface area contributed by atoms with Crippen molar-refractivity contribution < 1.29 is 18.7 Å². The van der Waals surface area contributed by atoms with Gasteiger partial charge in [-0.25, -0.2) is 4.79 Å². The first-order chi connectivity index (χ1) is 15.2. The molecule has 1 aliphatic heterocycles. The normalized spacial score (nSPS) is 16.9. The summed E-state index contributed by atoms with van der Waals surface area (Å²) in [7, 11) is 0. The van der Waals surface area contributed by atoms with Crippen molar-refractivity contribution in [2.45, 2.75) is 63.6 Å². The van der Waals surface area contributed by atoms with E-state index in [1.165, 1.54) is 0 Å². The quantitative estimate of drug-likeness (QED) is 0.497. The summed E-state index contributed by atoms with van der Waals surface area (Å²) in [5.74, 6) is 2.15. The summed E-state index contributed by atoms with van der Waals surface area (Å²) in [4.78, 5) is 27.3. The van der Waals surface area contributed by atoms with Gasteiger partial charge in [0.1, 0.15) is 12.4 Å². The summed E-state index contributed by atoms with van der Waals surface area (Å²) in [6.45, 7) is 3.02. The Morgan fingerprint density at radius 2 is 2.10 bits per heavy atom. The van der Waals surface area contributed by atoms with Crippen LogP contribution < -0.4 is 5.32 Å². The number of unbranched alkanes of at least 4 members (excludes halogenated alkanes) is 1. The van der Waals surface area contributed by atoms with Crippen molar-refractivity contribution in [3.8, 4) is 0 Å². The molecule has 7 heteroatoms. The molecule has 1 N–H and O–H groups in total. The first-order valence-corrected chi connectivity index (χ1v) is 12.2. The Bertz CT molecular complexity index is 797. The number of likely N-dealkylation sites (tertiary alicyclic amines) is 1. The van der Waals surface area contributed by atoms with Gasteiger partial charge in [-0.2, -0.15) is 0 Å². The number of carbonyl (C=O) groups excluding carboxylic acids is 2. The van der Waals surface area contributed by atoms with Crippen LogP contribution in [-0.2, 0) is 21.9 Å². The molecule has 1 saturated heterocycles. The average molecular weight is 445 g/mol. The lowest BCUT2D eigenvalue weighted by Crippen LogP contribution is -2.51. The second kappa shape index (κ2) is 12.6. The maximum Gasteiger partial charge on any atom is 0.411 e. The Kier molecular flexibility index (Phi) is 9.49. The molecule has 1 aliphatic rings.